The summed E-state index contributed by atoms with van der Waals surface area (Å²) in [6, 6.07) is 4.74. The van der Waals surface area contributed by atoms with Gasteiger partial charge in [0.25, 0.3) is 0 Å². The second-order valence-electron chi connectivity index (χ2n) is 9.62. The maximum absolute atomic E-state index is 13.0. The summed E-state index contributed by atoms with van der Waals surface area (Å²) in [5, 5.41) is 0. The van der Waals surface area contributed by atoms with Gasteiger partial charge >= 0.3 is 12.1 Å². The number of rotatable bonds is 2. The molecule has 1 aromatic carbocycles. The maximum atomic E-state index is 13.0. The first-order valence-corrected chi connectivity index (χ1v) is 10.7. The predicted molar refractivity (Wildman–Crippen MR) is 112 cm³/mol. The maximum Gasteiger partial charge on any atom is 0.411 e. The molecule has 3 rings (SSSR count). The fraction of sp³-hybridized carbons (Fsp3) is 0.591. The van der Waals surface area contributed by atoms with Crippen molar-refractivity contribution in [3.63, 3.8) is 0 Å². The van der Waals surface area contributed by atoms with Crippen LogP contribution in [0.4, 0.5) is 4.79 Å². The molecule has 1 unspecified atom stereocenters. The van der Waals surface area contributed by atoms with Crippen LogP contribution < -0.4 is 0 Å². The van der Waals surface area contributed by atoms with E-state index in [0.717, 1.165) is 10.0 Å². The van der Waals surface area contributed by atoms with Crippen molar-refractivity contribution in [2.24, 2.45) is 5.41 Å². The van der Waals surface area contributed by atoms with Gasteiger partial charge in [0.15, 0.2) is 6.10 Å². The number of ether oxygens (including phenoxy) is 2. The van der Waals surface area contributed by atoms with E-state index >= 15 is 0 Å². The Morgan fingerprint density at radius 3 is 2.59 bits per heavy atom. The SMILES string of the molecule is CC1(C)C[C@@H](C(=O)OC2CCc3cc(Br)ccc3C2=O)N(C(=O)OC(C)(C)C)C1. The number of fused-ring (bicyclic) bond motifs is 1. The molecule has 29 heavy (non-hydrogen) atoms. The first-order chi connectivity index (χ1) is 13.4. The summed E-state index contributed by atoms with van der Waals surface area (Å²) in [6.45, 7) is 9.76. The molecule has 7 heteroatoms. The molecule has 6 nitrogen and oxygen atoms in total. The van der Waals surface area contributed by atoms with E-state index in [-0.39, 0.29) is 11.2 Å². The van der Waals surface area contributed by atoms with Gasteiger partial charge in [0.05, 0.1) is 0 Å². The Morgan fingerprint density at radius 2 is 1.93 bits per heavy atom. The van der Waals surface area contributed by atoms with Crippen LogP contribution in [0.1, 0.15) is 63.4 Å². The summed E-state index contributed by atoms with van der Waals surface area (Å²) in [5.74, 6) is -0.728. The van der Waals surface area contributed by atoms with E-state index in [1.54, 1.807) is 26.8 Å². The number of halogens is 1. The molecular formula is C22H28BrNO5. The zero-order valence-corrected chi connectivity index (χ0v) is 19.2. The highest BCUT2D eigenvalue weighted by Crippen LogP contribution is 2.36. The number of amides is 1. The fourth-order valence-electron chi connectivity index (χ4n) is 3.92. The molecule has 1 fully saturated rings. The van der Waals surface area contributed by atoms with E-state index in [1.807, 2.05) is 26.0 Å². The molecule has 1 heterocycles. The third-order valence-electron chi connectivity index (χ3n) is 5.18. The van der Waals surface area contributed by atoms with E-state index in [1.165, 1.54) is 4.90 Å². The quantitative estimate of drug-likeness (QED) is 0.599. The zero-order chi connectivity index (χ0) is 21.6. The number of likely N-dealkylation sites (tertiary alicyclic amines) is 1. The molecule has 158 valence electrons. The lowest BCUT2D eigenvalue weighted by molar-refractivity contribution is -0.152. The van der Waals surface area contributed by atoms with Crippen LogP contribution in [0.25, 0.3) is 0 Å². The number of nitrogens with zero attached hydrogens (tertiary/aromatic N) is 1. The van der Waals surface area contributed by atoms with E-state index < -0.39 is 29.8 Å². The molecule has 2 atom stereocenters. The molecule has 0 saturated carbocycles. The first-order valence-electron chi connectivity index (χ1n) is 9.89. The molecule has 1 aliphatic carbocycles. The van der Waals surface area contributed by atoms with Crippen molar-refractivity contribution >= 4 is 33.8 Å². The Labute approximate surface area is 180 Å². The van der Waals surface area contributed by atoms with Crippen LogP contribution in [-0.2, 0) is 20.7 Å². The summed E-state index contributed by atoms with van der Waals surface area (Å²) < 4.78 is 12.0. The van der Waals surface area contributed by atoms with Crippen LogP contribution in [0.15, 0.2) is 22.7 Å². The summed E-state index contributed by atoms with van der Waals surface area (Å²) in [6.07, 6.45) is 0.215. The van der Waals surface area contributed by atoms with Crippen molar-refractivity contribution in [1.82, 2.24) is 4.90 Å². The Kier molecular flexibility index (Phi) is 5.82. The summed E-state index contributed by atoms with van der Waals surface area (Å²) >= 11 is 3.42. The largest absolute Gasteiger partial charge is 0.452 e. The molecule has 0 spiro atoms. The second kappa shape index (κ2) is 7.74. The normalized spacial score (nSPS) is 23.5. The standard InChI is InChI=1S/C22H28BrNO5/c1-21(2,3)29-20(27)24-12-22(4,5)11-16(24)19(26)28-17-9-6-13-10-14(23)7-8-15(13)18(17)25/h7-8,10,16-17H,6,9,11-12H2,1-5H3/t16-,17?/m0/s1. The van der Waals surface area contributed by atoms with Gasteiger partial charge in [0.1, 0.15) is 11.6 Å². The topological polar surface area (TPSA) is 72.9 Å². The van der Waals surface area contributed by atoms with Crippen molar-refractivity contribution in [1.29, 1.82) is 0 Å². The number of hydrogen-bond acceptors (Lipinski definition) is 5. The lowest BCUT2D eigenvalue weighted by Crippen LogP contribution is -2.46. The molecule has 0 aromatic heterocycles. The van der Waals surface area contributed by atoms with Gasteiger partial charge in [-0.25, -0.2) is 9.59 Å². The highest BCUT2D eigenvalue weighted by Gasteiger charge is 2.47. The number of aryl methyl sites for hydroxylation is 1. The number of ketones is 1. The minimum Gasteiger partial charge on any atom is -0.452 e. The van der Waals surface area contributed by atoms with E-state index in [9.17, 15) is 14.4 Å². The van der Waals surface area contributed by atoms with Gasteiger partial charge in [-0.1, -0.05) is 29.8 Å². The lowest BCUT2D eigenvalue weighted by atomic mass is 9.88. The van der Waals surface area contributed by atoms with Gasteiger partial charge in [0.2, 0.25) is 5.78 Å². The minimum atomic E-state index is -0.819. The Bertz CT molecular complexity index is 842. The minimum absolute atomic E-state index is 0.187. The van der Waals surface area contributed by atoms with Gasteiger partial charge in [-0.3, -0.25) is 9.69 Å². The summed E-state index contributed by atoms with van der Waals surface area (Å²) in [4.78, 5) is 39.8. The van der Waals surface area contributed by atoms with Gasteiger partial charge in [-0.2, -0.15) is 0 Å². The molecule has 0 N–H and O–H groups in total. The van der Waals surface area contributed by atoms with Crippen LogP contribution >= 0.6 is 15.9 Å². The van der Waals surface area contributed by atoms with E-state index in [0.29, 0.717) is 31.4 Å². The van der Waals surface area contributed by atoms with Crippen LogP contribution in [0.2, 0.25) is 0 Å². The lowest BCUT2D eigenvalue weighted by Gasteiger charge is -2.29. The predicted octanol–water partition coefficient (Wildman–Crippen LogP) is 4.53. The average Bonchev–Trinajstić information content (AvgIpc) is 2.92. The first kappa shape index (κ1) is 21.8. The Hall–Kier alpha value is -1.89. The summed E-state index contributed by atoms with van der Waals surface area (Å²) in [5.41, 5.74) is 0.646. The molecule has 0 radical (unpaired) electrons. The number of benzene rings is 1. The average molecular weight is 466 g/mol. The monoisotopic (exact) mass is 465 g/mol. The Balaban J connectivity index is 1.74. The highest BCUT2D eigenvalue weighted by atomic mass is 79.9. The third-order valence-corrected chi connectivity index (χ3v) is 5.67. The van der Waals surface area contributed by atoms with Crippen molar-refractivity contribution in [2.45, 2.75) is 71.6 Å². The van der Waals surface area contributed by atoms with E-state index in [2.05, 4.69) is 15.9 Å². The van der Waals surface area contributed by atoms with Crippen molar-refractivity contribution < 1.29 is 23.9 Å². The fourth-order valence-corrected chi connectivity index (χ4v) is 4.33. The van der Waals surface area contributed by atoms with Gasteiger partial charge < -0.3 is 9.47 Å². The van der Waals surface area contributed by atoms with Crippen molar-refractivity contribution in [3.05, 3.63) is 33.8 Å². The number of esters is 1. The molecule has 2 aliphatic rings. The molecule has 1 saturated heterocycles. The number of carbonyl (C=O) groups is 3. The van der Waals surface area contributed by atoms with Crippen molar-refractivity contribution in [2.75, 3.05) is 6.54 Å². The zero-order valence-electron chi connectivity index (χ0n) is 17.6. The van der Waals surface area contributed by atoms with Crippen LogP contribution in [-0.4, -0.2) is 47.0 Å². The Morgan fingerprint density at radius 1 is 1.24 bits per heavy atom. The molecule has 1 amide bonds. The highest BCUT2D eigenvalue weighted by molar-refractivity contribution is 9.10. The number of hydrogen-bond donors (Lipinski definition) is 0. The molecule has 0 bridgehead atoms. The second-order valence-corrected chi connectivity index (χ2v) is 10.5. The van der Waals surface area contributed by atoms with Crippen LogP contribution in [0.5, 0.6) is 0 Å². The summed E-state index contributed by atoms with van der Waals surface area (Å²) in [7, 11) is 0. The van der Waals surface area contributed by atoms with Crippen LogP contribution in [0.3, 0.4) is 0 Å². The van der Waals surface area contributed by atoms with Gasteiger partial charge in [-0.15, -0.1) is 0 Å². The van der Waals surface area contributed by atoms with Crippen molar-refractivity contribution in [3.8, 4) is 0 Å². The van der Waals surface area contributed by atoms with E-state index in [4.69, 9.17) is 9.47 Å². The molecular weight excluding hydrogens is 438 g/mol. The number of carbonyl (C=O) groups excluding carboxylic acids is 3. The van der Waals surface area contributed by atoms with Gasteiger partial charge in [-0.05, 0) is 69.2 Å². The smallest absolute Gasteiger partial charge is 0.411 e. The third kappa shape index (κ3) is 5.00. The van der Waals surface area contributed by atoms with Crippen LogP contribution in [0, 0.1) is 5.41 Å². The molecule has 1 aromatic rings. The number of Topliss-reactive ketones (excluding diaryl/α,β-unsaturated/α-hetero) is 1. The molecule has 1 aliphatic heterocycles. The van der Waals surface area contributed by atoms with Gasteiger partial charge in [0, 0.05) is 16.6 Å².